The fraction of sp³-hybridized carbons (Fsp3) is 0.200. The minimum absolute atomic E-state index is 0.00382. The van der Waals surface area contributed by atoms with Gasteiger partial charge in [0.25, 0.3) is 15.9 Å². The maximum atomic E-state index is 13.5. The molecule has 0 aromatic heterocycles. The third-order valence-electron chi connectivity index (χ3n) is 5.11. The lowest BCUT2D eigenvalue weighted by atomic mass is 10.1. The molecule has 8 nitrogen and oxygen atoms in total. The molecule has 184 valence electrons. The number of methoxy groups -OCH3 is 1. The summed E-state index contributed by atoms with van der Waals surface area (Å²) in [7, 11) is -2.58. The van der Waals surface area contributed by atoms with Crippen LogP contribution in [0.1, 0.15) is 15.9 Å². The van der Waals surface area contributed by atoms with Crippen LogP contribution in [-0.2, 0) is 19.6 Å². The van der Waals surface area contributed by atoms with Crippen molar-refractivity contribution in [1.29, 1.82) is 0 Å². The maximum absolute atomic E-state index is 13.5. The van der Waals surface area contributed by atoms with Gasteiger partial charge in [-0.3, -0.25) is 13.9 Å². The average molecular weight is 516 g/mol. The van der Waals surface area contributed by atoms with E-state index in [9.17, 15) is 18.0 Å². The SMILES string of the molecule is COCCNC(=O)c1ccccc1NC(=O)CN(c1ccccc1C)S(=O)(=O)c1ccc(Cl)cc1. The van der Waals surface area contributed by atoms with Gasteiger partial charge < -0.3 is 15.4 Å². The predicted octanol–water partition coefficient (Wildman–Crippen LogP) is 3.86. The fourth-order valence-electron chi connectivity index (χ4n) is 3.35. The Bertz CT molecular complexity index is 1300. The van der Waals surface area contributed by atoms with E-state index in [4.69, 9.17) is 16.3 Å². The van der Waals surface area contributed by atoms with Crippen molar-refractivity contribution in [3.63, 3.8) is 0 Å². The van der Waals surface area contributed by atoms with Gasteiger partial charge in [0.05, 0.1) is 28.4 Å². The molecule has 0 aliphatic carbocycles. The molecule has 0 radical (unpaired) electrons. The first-order chi connectivity index (χ1) is 16.7. The number of carbonyl (C=O) groups is 2. The number of nitrogens with one attached hydrogen (secondary N) is 2. The van der Waals surface area contributed by atoms with E-state index >= 15 is 0 Å². The Hall–Kier alpha value is -3.40. The summed E-state index contributed by atoms with van der Waals surface area (Å²) in [5.41, 5.74) is 1.56. The smallest absolute Gasteiger partial charge is 0.264 e. The van der Waals surface area contributed by atoms with Gasteiger partial charge in [0.2, 0.25) is 5.91 Å². The van der Waals surface area contributed by atoms with E-state index in [-0.39, 0.29) is 22.1 Å². The number of benzene rings is 3. The van der Waals surface area contributed by atoms with E-state index in [1.54, 1.807) is 55.5 Å². The number of nitrogens with zero attached hydrogens (tertiary/aromatic N) is 1. The molecule has 0 atom stereocenters. The summed E-state index contributed by atoms with van der Waals surface area (Å²) in [5, 5.41) is 5.77. The molecule has 0 aliphatic heterocycles. The summed E-state index contributed by atoms with van der Waals surface area (Å²) in [5.74, 6) is -0.995. The van der Waals surface area contributed by atoms with E-state index in [2.05, 4.69) is 10.6 Å². The molecule has 0 aliphatic rings. The van der Waals surface area contributed by atoms with Gasteiger partial charge in [-0.15, -0.1) is 0 Å². The molecule has 3 aromatic carbocycles. The fourth-order valence-corrected chi connectivity index (χ4v) is 4.96. The van der Waals surface area contributed by atoms with Crippen LogP contribution in [0.25, 0.3) is 0 Å². The molecule has 2 N–H and O–H groups in total. The topological polar surface area (TPSA) is 105 Å². The normalized spacial score (nSPS) is 11.1. The summed E-state index contributed by atoms with van der Waals surface area (Å²) in [4.78, 5) is 25.6. The molecule has 0 heterocycles. The number of anilines is 2. The van der Waals surface area contributed by atoms with E-state index < -0.39 is 22.5 Å². The second-order valence-electron chi connectivity index (χ2n) is 7.59. The van der Waals surface area contributed by atoms with Crippen molar-refractivity contribution >= 4 is 44.8 Å². The van der Waals surface area contributed by atoms with Crippen LogP contribution < -0.4 is 14.9 Å². The molecule has 0 unspecified atom stereocenters. The Morgan fingerprint density at radius 3 is 2.31 bits per heavy atom. The number of amides is 2. The Balaban J connectivity index is 1.90. The third kappa shape index (κ3) is 6.60. The molecule has 0 saturated carbocycles. The summed E-state index contributed by atoms with van der Waals surface area (Å²) in [6, 6.07) is 19.1. The van der Waals surface area contributed by atoms with Crippen molar-refractivity contribution in [3.05, 3.63) is 88.9 Å². The summed E-state index contributed by atoms with van der Waals surface area (Å²) in [6.07, 6.45) is 0. The standard InChI is InChI=1S/C25H26ClN3O5S/c1-18-7-3-6-10-23(18)29(35(32,33)20-13-11-19(26)12-14-20)17-24(30)28-22-9-5-4-8-21(22)25(31)27-15-16-34-2/h3-14H,15-17H2,1-2H3,(H,27,31)(H,28,30). The van der Waals surface area contributed by atoms with E-state index in [0.717, 1.165) is 4.31 Å². The van der Waals surface area contributed by atoms with Gasteiger partial charge in [0.1, 0.15) is 6.54 Å². The summed E-state index contributed by atoms with van der Waals surface area (Å²) < 4.78 is 33.0. The van der Waals surface area contributed by atoms with Crippen molar-refractivity contribution in [2.24, 2.45) is 0 Å². The van der Waals surface area contributed by atoms with Gasteiger partial charge in [-0.2, -0.15) is 0 Å². The Morgan fingerprint density at radius 1 is 0.971 bits per heavy atom. The van der Waals surface area contributed by atoms with Gasteiger partial charge >= 0.3 is 0 Å². The maximum Gasteiger partial charge on any atom is 0.264 e. The van der Waals surface area contributed by atoms with Crippen LogP contribution in [0.5, 0.6) is 0 Å². The van der Waals surface area contributed by atoms with Crippen molar-refractivity contribution in [2.75, 3.05) is 36.4 Å². The highest BCUT2D eigenvalue weighted by molar-refractivity contribution is 7.92. The number of aryl methyl sites for hydroxylation is 1. The molecule has 0 fully saturated rings. The molecular weight excluding hydrogens is 490 g/mol. The van der Waals surface area contributed by atoms with Crippen LogP contribution in [-0.4, -0.2) is 47.0 Å². The molecule has 0 spiro atoms. The van der Waals surface area contributed by atoms with Crippen LogP contribution >= 0.6 is 11.6 Å². The number of para-hydroxylation sites is 2. The Labute approximate surface area is 209 Å². The van der Waals surface area contributed by atoms with E-state index in [1.165, 1.54) is 31.4 Å². The minimum atomic E-state index is -4.10. The predicted molar refractivity (Wildman–Crippen MR) is 136 cm³/mol. The first-order valence-corrected chi connectivity index (χ1v) is 12.6. The first-order valence-electron chi connectivity index (χ1n) is 10.7. The zero-order valence-electron chi connectivity index (χ0n) is 19.3. The molecule has 0 bridgehead atoms. The zero-order chi connectivity index (χ0) is 25.4. The van der Waals surface area contributed by atoms with E-state index in [1.807, 2.05) is 0 Å². The molecular formula is C25H26ClN3O5S. The van der Waals surface area contributed by atoms with Gasteiger partial charge in [0.15, 0.2) is 0 Å². The third-order valence-corrected chi connectivity index (χ3v) is 7.14. The number of sulfonamides is 1. The largest absolute Gasteiger partial charge is 0.383 e. The lowest BCUT2D eigenvalue weighted by Crippen LogP contribution is -2.39. The number of hydrogen-bond donors (Lipinski definition) is 2. The molecule has 3 aromatic rings. The van der Waals surface area contributed by atoms with Crippen LogP contribution in [0.4, 0.5) is 11.4 Å². The highest BCUT2D eigenvalue weighted by atomic mass is 35.5. The number of halogens is 1. The van der Waals surface area contributed by atoms with Crippen LogP contribution in [0, 0.1) is 6.92 Å². The monoisotopic (exact) mass is 515 g/mol. The quantitative estimate of drug-likeness (QED) is 0.399. The van der Waals surface area contributed by atoms with Crippen LogP contribution in [0.2, 0.25) is 5.02 Å². The molecule has 35 heavy (non-hydrogen) atoms. The lowest BCUT2D eigenvalue weighted by Gasteiger charge is -2.25. The van der Waals surface area contributed by atoms with E-state index in [0.29, 0.717) is 29.4 Å². The van der Waals surface area contributed by atoms with Crippen molar-refractivity contribution in [3.8, 4) is 0 Å². The van der Waals surface area contributed by atoms with Crippen LogP contribution in [0.3, 0.4) is 0 Å². The van der Waals surface area contributed by atoms with Crippen molar-refractivity contribution < 1.29 is 22.7 Å². The molecule has 3 rings (SSSR count). The minimum Gasteiger partial charge on any atom is -0.383 e. The number of ether oxygens (including phenoxy) is 1. The Kier molecular flexibility index (Phi) is 8.86. The van der Waals surface area contributed by atoms with Gasteiger partial charge in [-0.25, -0.2) is 8.42 Å². The highest BCUT2D eigenvalue weighted by Gasteiger charge is 2.28. The summed E-state index contributed by atoms with van der Waals surface area (Å²) >= 11 is 5.93. The van der Waals surface area contributed by atoms with Crippen LogP contribution in [0.15, 0.2) is 77.7 Å². The Morgan fingerprint density at radius 2 is 1.63 bits per heavy atom. The highest BCUT2D eigenvalue weighted by Crippen LogP contribution is 2.27. The number of rotatable bonds is 10. The van der Waals surface area contributed by atoms with Gasteiger partial charge in [-0.05, 0) is 55.0 Å². The van der Waals surface area contributed by atoms with Crippen molar-refractivity contribution in [2.45, 2.75) is 11.8 Å². The second-order valence-corrected chi connectivity index (χ2v) is 9.89. The first kappa shape index (κ1) is 26.2. The lowest BCUT2D eigenvalue weighted by molar-refractivity contribution is -0.114. The number of hydrogen-bond acceptors (Lipinski definition) is 5. The molecule has 2 amide bonds. The molecule has 10 heteroatoms. The molecule has 0 saturated heterocycles. The van der Waals surface area contributed by atoms with Crippen molar-refractivity contribution in [1.82, 2.24) is 5.32 Å². The number of carbonyl (C=O) groups excluding carboxylic acids is 2. The summed E-state index contributed by atoms with van der Waals surface area (Å²) in [6.45, 7) is 1.90. The second kappa shape index (κ2) is 11.8. The van der Waals surface area contributed by atoms with Gasteiger partial charge in [-0.1, -0.05) is 41.9 Å². The average Bonchev–Trinajstić information content (AvgIpc) is 2.84. The van der Waals surface area contributed by atoms with Gasteiger partial charge in [0, 0.05) is 18.7 Å². The zero-order valence-corrected chi connectivity index (χ0v) is 20.9.